The highest BCUT2D eigenvalue weighted by Crippen LogP contribution is 2.28. The van der Waals surface area contributed by atoms with Crippen LogP contribution >= 0.6 is 0 Å². The standard InChI is InChI=1S/C18H19NO4/c1-12-4-9-16(17(10-12)22-3)23-18(21)15-7-5-14(6-8-15)11-19-13(2)20/h4-10H,11H2,1-3H3,(H,19,20). The lowest BCUT2D eigenvalue weighted by atomic mass is 10.1. The molecular weight excluding hydrogens is 294 g/mol. The van der Waals surface area contributed by atoms with Crippen LogP contribution in [0, 0.1) is 6.92 Å². The van der Waals surface area contributed by atoms with E-state index >= 15 is 0 Å². The Morgan fingerprint density at radius 3 is 2.35 bits per heavy atom. The minimum absolute atomic E-state index is 0.0973. The minimum Gasteiger partial charge on any atom is -0.493 e. The zero-order valence-corrected chi connectivity index (χ0v) is 13.4. The second kappa shape index (κ2) is 7.45. The molecule has 1 N–H and O–H groups in total. The number of hydrogen-bond donors (Lipinski definition) is 1. The van der Waals surface area contributed by atoms with Gasteiger partial charge in [0, 0.05) is 13.5 Å². The largest absolute Gasteiger partial charge is 0.493 e. The summed E-state index contributed by atoms with van der Waals surface area (Å²) in [7, 11) is 1.53. The lowest BCUT2D eigenvalue weighted by Crippen LogP contribution is -2.19. The van der Waals surface area contributed by atoms with Crippen LogP contribution in [0.1, 0.15) is 28.4 Å². The molecule has 1 amide bonds. The van der Waals surface area contributed by atoms with Crippen LogP contribution in [0.25, 0.3) is 0 Å². The number of rotatable bonds is 5. The molecule has 0 heterocycles. The Morgan fingerprint density at radius 2 is 1.74 bits per heavy atom. The lowest BCUT2D eigenvalue weighted by Gasteiger charge is -2.10. The van der Waals surface area contributed by atoms with Crippen molar-refractivity contribution in [1.29, 1.82) is 0 Å². The predicted octanol–water partition coefficient (Wildman–Crippen LogP) is 2.86. The van der Waals surface area contributed by atoms with Crippen LogP contribution < -0.4 is 14.8 Å². The zero-order chi connectivity index (χ0) is 16.8. The minimum atomic E-state index is -0.460. The smallest absolute Gasteiger partial charge is 0.343 e. The first-order valence-corrected chi connectivity index (χ1v) is 7.20. The second-order valence-electron chi connectivity index (χ2n) is 5.15. The molecule has 0 spiro atoms. The first-order valence-electron chi connectivity index (χ1n) is 7.20. The fourth-order valence-electron chi connectivity index (χ4n) is 2.00. The molecular formula is C18H19NO4. The molecule has 5 heteroatoms. The maximum Gasteiger partial charge on any atom is 0.343 e. The quantitative estimate of drug-likeness (QED) is 0.681. The molecule has 0 aliphatic heterocycles. The molecule has 0 unspecified atom stereocenters. The summed E-state index contributed by atoms with van der Waals surface area (Å²) in [4.78, 5) is 23.1. The van der Waals surface area contributed by atoms with Gasteiger partial charge in [-0.1, -0.05) is 18.2 Å². The van der Waals surface area contributed by atoms with Crippen LogP contribution in [0.3, 0.4) is 0 Å². The SMILES string of the molecule is COc1cc(C)ccc1OC(=O)c1ccc(CNC(C)=O)cc1. The number of carbonyl (C=O) groups is 2. The molecule has 0 aliphatic carbocycles. The number of esters is 1. The van der Waals surface area contributed by atoms with E-state index in [0.29, 0.717) is 23.6 Å². The van der Waals surface area contributed by atoms with E-state index in [9.17, 15) is 9.59 Å². The summed E-state index contributed by atoms with van der Waals surface area (Å²) in [6.07, 6.45) is 0. The summed E-state index contributed by atoms with van der Waals surface area (Å²) >= 11 is 0. The third-order valence-corrected chi connectivity index (χ3v) is 3.25. The van der Waals surface area contributed by atoms with Gasteiger partial charge in [0.15, 0.2) is 11.5 Å². The fourth-order valence-corrected chi connectivity index (χ4v) is 2.00. The molecule has 0 bridgehead atoms. The van der Waals surface area contributed by atoms with Gasteiger partial charge in [-0.25, -0.2) is 4.79 Å². The number of nitrogens with one attached hydrogen (secondary N) is 1. The highest BCUT2D eigenvalue weighted by Gasteiger charge is 2.12. The van der Waals surface area contributed by atoms with E-state index < -0.39 is 5.97 Å². The van der Waals surface area contributed by atoms with Crippen LogP contribution in [0.4, 0.5) is 0 Å². The Kier molecular flexibility index (Phi) is 5.36. The van der Waals surface area contributed by atoms with Gasteiger partial charge in [0.1, 0.15) is 0 Å². The molecule has 2 aromatic rings. The Balaban J connectivity index is 2.07. The van der Waals surface area contributed by atoms with Crippen molar-refractivity contribution in [2.45, 2.75) is 20.4 Å². The van der Waals surface area contributed by atoms with Crippen molar-refractivity contribution in [2.24, 2.45) is 0 Å². The van der Waals surface area contributed by atoms with Crippen molar-refractivity contribution in [3.63, 3.8) is 0 Å². The average Bonchev–Trinajstić information content (AvgIpc) is 2.54. The molecule has 0 aromatic heterocycles. The molecule has 0 fully saturated rings. The van der Waals surface area contributed by atoms with Crippen molar-refractivity contribution >= 4 is 11.9 Å². The molecule has 0 radical (unpaired) electrons. The van der Waals surface area contributed by atoms with Crippen molar-refractivity contribution in [2.75, 3.05) is 7.11 Å². The van der Waals surface area contributed by atoms with Crippen molar-refractivity contribution < 1.29 is 19.1 Å². The number of methoxy groups -OCH3 is 1. The molecule has 0 aliphatic rings. The van der Waals surface area contributed by atoms with E-state index in [1.807, 2.05) is 13.0 Å². The van der Waals surface area contributed by atoms with E-state index in [1.54, 1.807) is 36.4 Å². The molecule has 0 saturated heterocycles. The molecule has 23 heavy (non-hydrogen) atoms. The number of carbonyl (C=O) groups excluding carboxylic acids is 2. The fraction of sp³-hybridized carbons (Fsp3) is 0.222. The summed E-state index contributed by atoms with van der Waals surface area (Å²) in [5, 5.41) is 2.70. The molecule has 2 aromatic carbocycles. The third-order valence-electron chi connectivity index (χ3n) is 3.25. The molecule has 120 valence electrons. The topological polar surface area (TPSA) is 64.6 Å². The van der Waals surface area contributed by atoms with Gasteiger partial charge >= 0.3 is 5.97 Å². The Hall–Kier alpha value is -2.82. The first kappa shape index (κ1) is 16.5. The van der Waals surface area contributed by atoms with E-state index in [2.05, 4.69) is 5.32 Å². The highest BCUT2D eigenvalue weighted by molar-refractivity contribution is 5.91. The predicted molar refractivity (Wildman–Crippen MR) is 86.7 cm³/mol. The van der Waals surface area contributed by atoms with Crippen LogP contribution in [-0.4, -0.2) is 19.0 Å². The summed E-state index contributed by atoms with van der Waals surface area (Å²) in [6, 6.07) is 12.2. The van der Waals surface area contributed by atoms with Crippen molar-refractivity contribution in [1.82, 2.24) is 5.32 Å². The van der Waals surface area contributed by atoms with Crippen LogP contribution in [-0.2, 0) is 11.3 Å². The Labute approximate surface area is 135 Å². The van der Waals surface area contributed by atoms with Gasteiger partial charge in [0.05, 0.1) is 12.7 Å². The summed E-state index contributed by atoms with van der Waals surface area (Å²) < 4.78 is 10.6. The number of benzene rings is 2. The molecule has 0 atom stereocenters. The van der Waals surface area contributed by atoms with Gasteiger partial charge in [-0.05, 0) is 42.3 Å². The number of ether oxygens (including phenoxy) is 2. The van der Waals surface area contributed by atoms with Crippen LogP contribution in [0.5, 0.6) is 11.5 Å². The van der Waals surface area contributed by atoms with Gasteiger partial charge in [-0.3, -0.25) is 4.79 Å². The van der Waals surface area contributed by atoms with E-state index in [0.717, 1.165) is 11.1 Å². The van der Waals surface area contributed by atoms with Crippen LogP contribution in [0.2, 0.25) is 0 Å². The first-order chi connectivity index (χ1) is 11.0. The monoisotopic (exact) mass is 313 g/mol. The highest BCUT2D eigenvalue weighted by atomic mass is 16.6. The maximum absolute atomic E-state index is 12.2. The molecule has 0 saturated carbocycles. The molecule has 5 nitrogen and oxygen atoms in total. The van der Waals surface area contributed by atoms with Crippen molar-refractivity contribution in [3.05, 3.63) is 59.2 Å². The number of amides is 1. The van der Waals surface area contributed by atoms with E-state index in [-0.39, 0.29) is 5.91 Å². The van der Waals surface area contributed by atoms with E-state index in [4.69, 9.17) is 9.47 Å². The second-order valence-corrected chi connectivity index (χ2v) is 5.15. The van der Waals surface area contributed by atoms with Gasteiger partial charge < -0.3 is 14.8 Å². The Morgan fingerprint density at radius 1 is 1.04 bits per heavy atom. The maximum atomic E-state index is 12.2. The van der Waals surface area contributed by atoms with E-state index in [1.165, 1.54) is 14.0 Å². The zero-order valence-electron chi connectivity index (χ0n) is 13.4. The van der Waals surface area contributed by atoms with Gasteiger partial charge in [0.25, 0.3) is 0 Å². The summed E-state index contributed by atoms with van der Waals surface area (Å²) in [5.74, 6) is 0.337. The number of aryl methyl sites for hydroxylation is 1. The van der Waals surface area contributed by atoms with Crippen molar-refractivity contribution in [3.8, 4) is 11.5 Å². The summed E-state index contributed by atoms with van der Waals surface area (Å²) in [5.41, 5.74) is 2.35. The summed E-state index contributed by atoms with van der Waals surface area (Å²) in [6.45, 7) is 3.82. The van der Waals surface area contributed by atoms with Gasteiger partial charge in [-0.15, -0.1) is 0 Å². The van der Waals surface area contributed by atoms with Gasteiger partial charge in [-0.2, -0.15) is 0 Å². The third kappa shape index (κ3) is 4.57. The Bertz CT molecular complexity index is 707. The average molecular weight is 313 g/mol. The lowest BCUT2D eigenvalue weighted by molar-refractivity contribution is -0.119. The molecule has 2 rings (SSSR count). The number of hydrogen-bond acceptors (Lipinski definition) is 4. The normalized spacial score (nSPS) is 10.0. The van der Waals surface area contributed by atoms with Crippen LogP contribution in [0.15, 0.2) is 42.5 Å². The van der Waals surface area contributed by atoms with Gasteiger partial charge in [0.2, 0.25) is 5.91 Å².